The lowest BCUT2D eigenvalue weighted by Crippen LogP contribution is -2.01. The van der Waals surface area contributed by atoms with Crippen LogP contribution in [0.25, 0.3) is 0 Å². The largest absolute Gasteiger partial charge is 0.490 e. The summed E-state index contributed by atoms with van der Waals surface area (Å²) < 4.78 is 11.8. The van der Waals surface area contributed by atoms with Gasteiger partial charge in [0.05, 0.1) is 18.5 Å². The van der Waals surface area contributed by atoms with E-state index in [2.05, 4.69) is 26.5 Å². The molecule has 0 aliphatic rings. The van der Waals surface area contributed by atoms with Gasteiger partial charge < -0.3 is 9.47 Å². The molecule has 0 fully saturated rings. The van der Waals surface area contributed by atoms with Gasteiger partial charge in [0.25, 0.3) is 0 Å². The third-order valence-corrected chi connectivity index (χ3v) is 3.79. The molecule has 6 heteroatoms. The fraction of sp³-hybridized carbons (Fsp3) is 0.222. The van der Waals surface area contributed by atoms with Crippen molar-refractivity contribution in [3.05, 3.63) is 52.0 Å². The molecule has 2 aromatic rings. The second kappa shape index (κ2) is 8.94. The Labute approximate surface area is 150 Å². The van der Waals surface area contributed by atoms with Crippen LogP contribution in [0.1, 0.15) is 18.1 Å². The maximum absolute atomic E-state index is 8.66. The number of hydrogen-bond acceptors (Lipinski definition) is 5. The lowest BCUT2D eigenvalue weighted by atomic mass is 10.2. The maximum atomic E-state index is 8.66. The molecule has 2 rings (SSSR count). The third kappa shape index (κ3) is 5.00. The van der Waals surface area contributed by atoms with Crippen LogP contribution in [0, 0.1) is 18.3 Å². The maximum Gasteiger partial charge on any atom is 0.174 e. The van der Waals surface area contributed by atoms with Crippen molar-refractivity contribution in [1.29, 1.82) is 5.26 Å². The Balaban J connectivity index is 2.16. The van der Waals surface area contributed by atoms with Crippen LogP contribution in [0.3, 0.4) is 0 Å². The number of ether oxygens (including phenoxy) is 2. The summed E-state index contributed by atoms with van der Waals surface area (Å²) in [4.78, 5) is 0. The summed E-state index contributed by atoms with van der Waals surface area (Å²) in [6, 6.07) is 13.5. The minimum atomic E-state index is -0.0328. The average molecular weight is 388 g/mol. The Morgan fingerprint density at radius 3 is 2.58 bits per heavy atom. The lowest BCUT2D eigenvalue weighted by molar-refractivity contribution is 0.298. The van der Waals surface area contributed by atoms with Crippen LogP contribution in [0.5, 0.6) is 11.5 Å². The number of hydrogen-bond donors (Lipinski definition) is 1. The van der Waals surface area contributed by atoms with Crippen LogP contribution in [0.4, 0.5) is 5.69 Å². The van der Waals surface area contributed by atoms with Gasteiger partial charge in [-0.05, 0) is 54.0 Å². The molecule has 0 aliphatic carbocycles. The molecule has 0 radical (unpaired) electrons. The van der Waals surface area contributed by atoms with Crippen molar-refractivity contribution in [3.8, 4) is 17.6 Å². The molecule has 124 valence electrons. The summed E-state index contributed by atoms with van der Waals surface area (Å²) in [5, 5.41) is 12.9. The van der Waals surface area contributed by atoms with Gasteiger partial charge in [0, 0.05) is 10.0 Å². The highest BCUT2D eigenvalue weighted by Gasteiger charge is 2.10. The third-order valence-electron chi connectivity index (χ3n) is 3.10. The van der Waals surface area contributed by atoms with Crippen LogP contribution in [0.15, 0.2) is 46.0 Å². The molecule has 0 saturated carbocycles. The quantitative estimate of drug-likeness (QED) is 0.560. The summed E-state index contributed by atoms with van der Waals surface area (Å²) in [6.45, 7) is 4.40. The van der Waals surface area contributed by atoms with E-state index in [4.69, 9.17) is 14.7 Å². The number of anilines is 1. The van der Waals surface area contributed by atoms with Gasteiger partial charge in [-0.15, -0.1) is 0 Å². The topological polar surface area (TPSA) is 66.6 Å². The monoisotopic (exact) mass is 387 g/mol. The van der Waals surface area contributed by atoms with Gasteiger partial charge >= 0.3 is 0 Å². The van der Waals surface area contributed by atoms with Crippen molar-refractivity contribution in [1.82, 2.24) is 0 Å². The summed E-state index contributed by atoms with van der Waals surface area (Å²) in [5.74, 6) is 1.10. The van der Waals surface area contributed by atoms with E-state index in [-0.39, 0.29) is 6.61 Å². The van der Waals surface area contributed by atoms with E-state index in [9.17, 15) is 0 Å². The van der Waals surface area contributed by atoms with Crippen LogP contribution in [-0.4, -0.2) is 19.4 Å². The van der Waals surface area contributed by atoms with Gasteiger partial charge in [-0.25, -0.2) is 0 Å². The Morgan fingerprint density at radius 2 is 1.92 bits per heavy atom. The number of rotatable bonds is 7. The van der Waals surface area contributed by atoms with E-state index in [0.717, 1.165) is 15.7 Å². The standard InChI is InChI=1S/C18H18BrN3O2/c1-3-23-17-10-14(16(19)11-18(17)24-9-8-20)12-21-22-15-6-4-13(2)5-7-15/h4-7,10-12,22H,3,9H2,1-2H3/b21-12-. The van der Waals surface area contributed by atoms with Gasteiger partial charge in [-0.2, -0.15) is 10.4 Å². The van der Waals surface area contributed by atoms with Gasteiger partial charge in [-0.3, -0.25) is 5.43 Å². The first-order chi connectivity index (χ1) is 11.6. The summed E-state index contributed by atoms with van der Waals surface area (Å²) in [7, 11) is 0. The first kappa shape index (κ1) is 17.8. The molecule has 24 heavy (non-hydrogen) atoms. The van der Waals surface area contributed by atoms with E-state index in [1.54, 1.807) is 12.3 Å². The first-order valence-electron chi connectivity index (χ1n) is 7.46. The molecule has 0 unspecified atom stereocenters. The van der Waals surface area contributed by atoms with Gasteiger partial charge in [0.2, 0.25) is 0 Å². The molecular formula is C18H18BrN3O2. The smallest absolute Gasteiger partial charge is 0.174 e. The van der Waals surface area contributed by atoms with Crippen molar-refractivity contribution < 1.29 is 9.47 Å². The molecule has 5 nitrogen and oxygen atoms in total. The van der Waals surface area contributed by atoms with Crippen molar-refractivity contribution in [3.63, 3.8) is 0 Å². The zero-order chi connectivity index (χ0) is 17.4. The second-order valence-corrected chi connectivity index (χ2v) is 5.79. The zero-order valence-corrected chi connectivity index (χ0v) is 15.1. The Hall–Kier alpha value is -2.52. The fourth-order valence-electron chi connectivity index (χ4n) is 1.95. The van der Waals surface area contributed by atoms with E-state index < -0.39 is 0 Å². The summed E-state index contributed by atoms with van der Waals surface area (Å²) >= 11 is 3.48. The second-order valence-electron chi connectivity index (χ2n) is 4.94. The molecular weight excluding hydrogens is 370 g/mol. The van der Waals surface area contributed by atoms with E-state index in [1.807, 2.05) is 50.2 Å². The number of benzene rings is 2. The highest BCUT2D eigenvalue weighted by molar-refractivity contribution is 9.10. The van der Waals surface area contributed by atoms with Gasteiger partial charge in [0.1, 0.15) is 6.07 Å². The molecule has 0 aliphatic heterocycles. The minimum absolute atomic E-state index is 0.0328. The van der Waals surface area contributed by atoms with Crippen molar-refractivity contribution >= 4 is 27.8 Å². The molecule has 0 spiro atoms. The minimum Gasteiger partial charge on any atom is -0.490 e. The number of nitriles is 1. The highest BCUT2D eigenvalue weighted by Crippen LogP contribution is 2.33. The Kier molecular flexibility index (Phi) is 6.64. The SMILES string of the molecule is CCOc1cc(/C=N\Nc2ccc(C)cc2)c(Br)cc1OCC#N. The normalized spacial score (nSPS) is 10.4. The number of nitrogens with zero attached hydrogens (tertiary/aromatic N) is 2. The van der Waals surface area contributed by atoms with Crippen molar-refractivity contribution in [2.45, 2.75) is 13.8 Å². The number of halogens is 1. The molecule has 0 amide bonds. The van der Waals surface area contributed by atoms with E-state index in [1.165, 1.54) is 5.56 Å². The van der Waals surface area contributed by atoms with Crippen LogP contribution >= 0.6 is 15.9 Å². The van der Waals surface area contributed by atoms with Gasteiger partial charge in [-0.1, -0.05) is 17.7 Å². The molecule has 2 aromatic carbocycles. The van der Waals surface area contributed by atoms with Crippen LogP contribution in [-0.2, 0) is 0 Å². The number of aryl methyl sites for hydroxylation is 1. The lowest BCUT2D eigenvalue weighted by Gasteiger charge is -2.12. The molecule has 0 heterocycles. The van der Waals surface area contributed by atoms with Crippen molar-refractivity contribution in [2.24, 2.45) is 5.10 Å². The predicted octanol–water partition coefficient (Wildman–Crippen LogP) is 4.50. The van der Waals surface area contributed by atoms with Gasteiger partial charge in [0.15, 0.2) is 18.1 Å². The van der Waals surface area contributed by atoms with E-state index in [0.29, 0.717) is 18.1 Å². The predicted molar refractivity (Wildman–Crippen MR) is 98.8 cm³/mol. The number of hydrazone groups is 1. The zero-order valence-electron chi connectivity index (χ0n) is 13.5. The average Bonchev–Trinajstić information content (AvgIpc) is 2.58. The van der Waals surface area contributed by atoms with Crippen LogP contribution < -0.4 is 14.9 Å². The summed E-state index contributed by atoms with van der Waals surface area (Å²) in [6.07, 6.45) is 1.69. The Bertz CT molecular complexity index is 752. The molecule has 0 bridgehead atoms. The van der Waals surface area contributed by atoms with E-state index >= 15 is 0 Å². The molecule has 0 atom stereocenters. The summed E-state index contributed by atoms with van der Waals surface area (Å²) in [5.41, 5.74) is 5.92. The molecule has 0 aromatic heterocycles. The first-order valence-corrected chi connectivity index (χ1v) is 8.25. The fourth-order valence-corrected chi connectivity index (χ4v) is 2.37. The number of nitrogens with one attached hydrogen (secondary N) is 1. The van der Waals surface area contributed by atoms with Crippen LogP contribution in [0.2, 0.25) is 0 Å². The highest BCUT2D eigenvalue weighted by atomic mass is 79.9. The Morgan fingerprint density at radius 1 is 1.21 bits per heavy atom. The molecule has 1 N–H and O–H groups in total. The molecule has 0 saturated heterocycles. The van der Waals surface area contributed by atoms with Crippen molar-refractivity contribution in [2.75, 3.05) is 18.6 Å².